The van der Waals surface area contributed by atoms with E-state index in [0.29, 0.717) is 17.1 Å². The molecular weight excluding hydrogens is 456 g/mol. The SMILES string of the molecule is COc1cc(NS(=O)(=O)c2ccc(NC(=O)CCc3ccccc3Cl)cc2)nc(OC)n1. The Morgan fingerprint density at radius 3 is 2.41 bits per heavy atom. The quantitative estimate of drug-likeness (QED) is 0.484. The van der Waals surface area contributed by atoms with Gasteiger partial charge in [0.2, 0.25) is 11.8 Å². The first-order valence-corrected chi connectivity index (χ1v) is 11.3. The predicted molar refractivity (Wildman–Crippen MR) is 121 cm³/mol. The van der Waals surface area contributed by atoms with Gasteiger partial charge in [-0.05, 0) is 42.3 Å². The molecule has 3 rings (SSSR count). The Hall–Kier alpha value is -3.37. The molecule has 32 heavy (non-hydrogen) atoms. The van der Waals surface area contributed by atoms with Crippen LogP contribution in [0.4, 0.5) is 11.5 Å². The molecule has 11 heteroatoms. The van der Waals surface area contributed by atoms with Gasteiger partial charge in [-0.25, -0.2) is 8.42 Å². The molecule has 168 valence electrons. The Kier molecular flexibility index (Phi) is 7.49. The standard InChI is InChI=1S/C21H21ClN4O5S/c1-30-20-13-18(24-21(25-20)31-2)26-32(28,29)16-10-8-15(9-11-16)23-19(27)12-7-14-5-3-4-6-17(14)22/h3-6,8-11,13H,7,12H2,1-2H3,(H,23,27)(H,24,25,26). The van der Waals surface area contributed by atoms with Crippen molar-refractivity contribution in [1.29, 1.82) is 0 Å². The van der Waals surface area contributed by atoms with Crippen LogP contribution in [0.15, 0.2) is 59.5 Å². The highest BCUT2D eigenvalue weighted by atomic mass is 35.5. The van der Waals surface area contributed by atoms with Gasteiger partial charge in [0.15, 0.2) is 5.82 Å². The monoisotopic (exact) mass is 476 g/mol. The summed E-state index contributed by atoms with van der Waals surface area (Å²) >= 11 is 6.10. The van der Waals surface area contributed by atoms with Gasteiger partial charge < -0.3 is 14.8 Å². The number of hydrogen-bond donors (Lipinski definition) is 2. The second kappa shape index (κ2) is 10.3. The fourth-order valence-electron chi connectivity index (χ4n) is 2.74. The van der Waals surface area contributed by atoms with Crippen LogP contribution in [0.5, 0.6) is 11.9 Å². The highest BCUT2D eigenvalue weighted by Crippen LogP contribution is 2.22. The minimum Gasteiger partial charge on any atom is -0.481 e. The van der Waals surface area contributed by atoms with E-state index < -0.39 is 10.0 Å². The molecular formula is C21H21ClN4O5S. The first kappa shape index (κ1) is 23.3. The third kappa shape index (κ3) is 6.08. The van der Waals surface area contributed by atoms with Crippen molar-refractivity contribution in [1.82, 2.24) is 9.97 Å². The Bertz CT molecular complexity index is 1180. The zero-order valence-electron chi connectivity index (χ0n) is 17.3. The normalized spacial score (nSPS) is 11.0. The lowest BCUT2D eigenvalue weighted by Crippen LogP contribution is -2.15. The molecule has 0 bridgehead atoms. The number of nitrogens with one attached hydrogen (secondary N) is 2. The number of hydrogen-bond acceptors (Lipinski definition) is 7. The topological polar surface area (TPSA) is 120 Å². The van der Waals surface area contributed by atoms with Crippen LogP contribution in [0.25, 0.3) is 0 Å². The summed E-state index contributed by atoms with van der Waals surface area (Å²) in [6.45, 7) is 0. The molecule has 1 aromatic heterocycles. The van der Waals surface area contributed by atoms with Crippen LogP contribution in [-0.4, -0.2) is 38.5 Å². The van der Waals surface area contributed by atoms with Crippen molar-refractivity contribution < 1.29 is 22.7 Å². The molecule has 3 aromatic rings. The molecule has 0 saturated heterocycles. The molecule has 0 aliphatic carbocycles. The van der Waals surface area contributed by atoms with Crippen LogP contribution < -0.4 is 19.5 Å². The second-order valence-corrected chi connectivity index (χ2v) is 8.64. The van der Waals surface area contributed by atoms with E-state index in [4.69, 9.17) is 21.1 Å². The van der Waals surface area contributed by atoms with Crippen LogP contribution in [0, 0.1) is 0 Å². The molecule has 0 radical (unpaired) electrons. The van der Waals surface area contributed by atoms with Crippen molar-refractivity contribution in [2.45, 2.75) is 17.7 Å². The van der Waals surface area contributed by atoms with E-state index >= 15 is 0 Å². The number of aryl methyl sites for hydroxylation is 1. The summed E-state index contributed by atoms with van der Waals surface area (Å²) in [4.78, 5) is 20.1. The molecule has 9 nitrogen and oxygen atoms in total. The number of rotatable bonds is 9. The molecule has 1 amide bonds. The number of carbonyl (C=O) groups is 1. The molecule has 0 fully saturated rings. The predicted octanol–water partition coefficient (Wildman–Crippen LogP) is 3.52. The van der Waals surface area contributed by atoms with Gasteiger partial charge in [0, 0.05) is 23.2 Å². The first-order chi connectivity index (χ1) is 15.3. The van der Waals surface area contributed by atoms with Crippen molar-refractivity contribution in [2.75, 3.05) is 24.3 Å². The first-order valence-electron chi connectivity index (χ1n) is 9.44. The van der Waals surface area contributed by atoms with E-state index in [1.807, 2.05) is 18.2 Å². The van der Waals surface area contributed by atoms with Gasteiger partial charge >= 0.3 is 6.01 Å². The van der Waals surface area contributed by atoms with Crippen LogP contribution in [0.2, 0.25) is 5.02 Å². The van der Waals surface area contributed by atoms with Gasteiger partial charge in [0.25, 0.3) is 10.0 Å². The van der Waals surface area contributed by atoms with Gasteiger partial charge in [-0.3, -0.25) is 9.52 Å². The maximum absolute atomic E-state index is 12.7. The number of methoxy groups -OCH3 is 2. The molecule has 0 spiro atoms. The van der Waals surface area contributed by atoms with Crippen LogP contribution in [0.1, 0.15) is 12.0 Å². The van der Waals surface area contributed by atoms with Crippen molar-refractivity contribution in [3.05, 3.63) is 65.2 Å². The molecule has 2 aromatic carbocycles. The average Bonchev–Trinajstić information content (AvgIpc) is 2.78. The minimum atomic E-state index is -3.94. The second-order valence-electron chi connectivity index (χ2n) is 6.55. The van der Waals surface area contributed by atoms with E-state index in [9.17, 15) is 13.2 Å². The van der Waals surface area contributed by atoms with Crippen LogP contribution >= 0.6 is 11.6 Å². The number of carbonyl (C=O) groups excluding carboxylic acids is 1. The van der Waals surface area contributed by atoms with E-state index in [1.54, 1.807) is 6.07 Å². The van der Waals surface area contributed by atoms with Gasteiger partial charge in [-0.15, -0.1) is 0 Å². The fourth-order valence-corrected chi connectivity index (χ4v) is 3.96. The number of amides is 1. The lowest BCUT2D eigenvalue weighted by atomic mass is 10.1. The number of benzene rings is 2. The maximum Gasteiger partial charge on any atom is 0.321 e. The maximum atomic E-state index is 12.7. The van der Waals surface area contributed by atoms with Crippen LogP contribution in [-0.2, 0) is 21.2 Å². The van der Waals surface area contributed by atoms with E-state index in [1.165, 1.54) is 44.6 Å². The summed E-state index contributed by atoms with van der Waals surface area (Å²) in [6.07, 6.45) is 0.733. The number of anilines is 2. The number of ether oxygens (including phenoxy) is 2. The highest BCUT2D eigenvalue weighted by Gasteiger charge is 2.17. The van der Waals surface area contributed by atoms with Crippen LogP contribution in [0.3, 0.4) is 0 Å². The summed E-state index contributed by atoms with van der Waals surface area (Å²) in [5, 5.41) is 3.35. The van der Waals surface area contributed by atoms with Crippen molar-refractivity contribution in [3.63, 3.8) is 0 Å². The summed E-state index contributed by atoms with van der Waals surface area (Å²) in [7, 11) is -1.19. The summed E-state index contributed by atoms with van der Waals surface area (Å²) in [6, 6.07) is 14.4. The summed E-state index contributed by atoms with van der Waals surface area (Å²) in [5.41, 5.74) is 1.35. The van der Waals surface area contributed by atoms with Crippen molar-refractivity contribution in [2.24, 2.45) is 0 Å². The zero-order valence-corrected chi connectivity index (χ0v) is 18.9. The van der Waals surface area contributed by atoms with Crippen molar-refractivity contribution >= 4 is 39.0 Å². The minimum absolute atomic E-state index is 0.00866. The molecule has 0 aliphatic rings. The van der Waals surface area contributed by atoms with Gasteiger partial charge in [0.05, 0.1) is 19.1 Å². The summed E-state index contributed by atoms with van der Waals surface area (Å²) in [5.74, 6) is -0.0751. The largest absolute Gasteiger partial charge is 0.481 e. The third-order valence-corrected chi connectivity index (χ3v) is 6.08. The lowest BCUT2D eigenvalue weighted by Gasteiger charge is -2.10. The molecule has 0 saturated carbocycles. The van der Waals surface area contributed by atoms with Gasteiger partial charge in [-0.1, -0.05) is 29.8 Å². The Morgan fingerprint density at radius 1 is 1.03 bits per heavy atom. The van der Waals surface area contributed by atoms with E-state index in [2.05, 4.69) is 20.0 Å². The highest BCUT2D eigenvalue weighted by molar-refractivity contribution is 7.92. The third-order valence-electron chi connectivity index (χ3n) is 4.34. The summed E-state index contributed by atoms with van der Waals surface area (Å²) < 4.78 is 37.6. The van der Waals surface area contributed by atoms with E-state index in [0.717, 1.165) is 5.56 Å². The molecule has 0 atom stereocenters. The number of halogens is 1. The molecule has 2 N–H and O–H groups in total. The smallest absolute Gasteiger partial charge is 0.321 e. The Balaban J connectivity index is 1.64. The molecule has 1 heterocycles. The number of aromatic nitrogens is 2. The zero-order chi connectivity index (χ0) is 23.1. The fraction of sp³-hybridized carbons (Fsp3) is 0.190. The molecule has 0 unspecified atom stereocenters. The Morgan fingerprint density at radius 2 is 1.75 bits per heavy atom. The average molecular weight is 477 g/mol. The van der Waals surface area contributed by atoms with Gasteiger partial charge in [-0.2, -0.15) is 9.97 Å². The molecule has 0 aliphatic heterocycles. The van der Waals surface area contributed by atoms with E-state index in [-0.39, 0.29) is 34.9 Å². The number of sulfonamides is 1. The van der Waals surface area contributed by atoms with Gasteiger partial charge in [0.1, 0.15) is 0 Å². The lowest BCUT2D eigenvalue weighted by molar-refractivity contribution is -0.116. The number of nitrogens with zero attached hydrogens (tertiary/aromatic N) is 2. The Labute approximate surface area is 190 Å². The van der Waals surface area contributed by atoms with Crippen molar-refractivity contribution in [3.8, 4) is 11.9 Å².